The summed E-state index contributed by atoms with van der Waals surface area (Å²) in [5.74, 6) is 1.46. The first-order valence-electron chi connectivity index (χ1n) is 9.03. The molecule has 2 aromatic heterocycles. The van der Waals surface area contributed by atoms with E-state index in [1.54, 1.807) is 10.9 Å². The zero-order chi connectivity index (χ0) is 17.6. The highest BCUT2D eigenvalue weighted by Gasteiger charge is 2.25. The summed E-state index contributed by atoms with van der Waals surface area (Å²) in [6, 6.07) is 2.30. The number of aryl methyl sites for hydroxylation is 1. The van der Waals surface area contributed by atoms with Crippen molar-refractivity contribution in [1.82, 2.24) is 29.7 Å². The second kappa shape index (κ2) is 8.55. The molecule has 8 nitrogen and oxygen atoms in total. The van der Waals surface area contributed by atoms with E-state index in [0.29, 0.717) is 25.0 Å². The van der Waals surface area contributed by atoms with Gasteiger partial charge in [-0.15, -0.1) is 0 Å². The van der Waals surface area contributed by atoms with Crippen LogP contribution in [0.4, 0.5) is 0 Å². The number of aliphatic hydroxyl groups is 1. The third-order valence-corrected chi connectivity index (χ3v) is 4.74. The third-order valence-electron chi connectivity index (χ3n) is 4.74. The van der Waals surface area contributed by atoms with E-state index in [2.05, 4.69) is 32.1 Å². The number of hydrogen-bond acceptors (Lipinski definition) is 7. The van der Waals surface area contributed by atoms with E-state index < -0.39 is 6.10 Å². The quantitative estimate of drug-likeness (QED) is 0.755. The first-order valence-corrected chi connectivity index (χ1v) is 9.03. The number of likely N-dealkylation sites (N-methyl/N-ethyl adjacent to an activating group) is 1. The molecule has 138 valence electrons. The largest absolute Gasteiger partial charge is 0.390 e. The van der Waals surface area contributed by atoms with Crippen molar-refractivity contribution in [1.29, 1.82) is 0 Å². The Bertz CT molecular complexity index is 629. The first-order chi connectivity index (χ1) is 12.1. The lowest BCUT2D eigenvalue weighted by molar-refractivity contribution is 0.0556. The number of aliphatic hydroxyl groups excluding tert-OH is 1. The van der Waals surface area contributed by atoms with Gasteiger partial charge in [0, 0.05) is 37.9 Å². The van der Waals surface area contributed by atoms with Crippen molar-refractivity contribution in [2.45, 2.75) is 51.4 Å². The van der Waals surface area contributed by atoms with Gasteiger partial charge in [-0.2, -0.15) is 10.1 Å². The van der Waals surface area contributed by atoms with Crippen LogP contribution >= 0.6 is 0 Å². The first kappa shape index (κ1) is 18.0. The summed E-state index contributed by atoms with van der Waals surface area (Å²) >= 11 is 0. The highest BCUT2D eigenvalue weighted by Crippen LogP contribution is 2.17. The number of piperidine rings is 1. The van der Waals surface area contributed by atoms with Crippen molar-refractivity contribution in [3.05, 3.63) is 30.2 Å². The zero-order valence-corrected chi connectivity index (χ0v) is 15.1. The van der Waals surface area contributed by atoms with Gasteiger partial charge in [0.05, 0.1) is 19.2 Å². The fourth-order valence-corrected chi connectivity index (χ4v) is 3.40. The molecule has 1 aliphatic rings. The molecule has 25 heavy (non-hydrogen) atoms. The van der Waals surface area contributed by atoms with Crippen LogP contribution < -0.4 is 0 Å². The van der Waals surface area contributed by atoms with Gasteiger partial charge in [0.1, 0.15) is 0 Å². The summed E-state index contributed by atoms with van der Waals surface area (Å²) in [7, 11) is 2.09. The predicted octanol–water partition coefficient (Wildman–Crippen LogP) is 0.786. The van der Waals surface area contributed by atoms with Gasteiger partial charge < -0.3 is 9.63 Å². The number of nitrogens with zero attached hydrogens (tertiary/aromatic N) is 6. The monoisotopic (exact) mass is 348 g/mol. The topological polar surface area (TPSA) is 83.5 Å². The second-order valence-electron chi connectivity index (χ2n) is 6.81. The molecule has 3 rings (SSSR count). The van der Waals surface area contributed by atoms with E-state index in [-0.39, 0.29) is 0 Å². The van der Waals surface area contributed by atoms with Gasteiger partial charge in [0.25, 0.3) is 0 Å². The average molecular weight is 348 g/mol. The van der Waals surface area contributed by atoms with E-state index in [4.69, 9.17) is 4.52 Å². The molecule has 2 aromatic rings. The SMILES string of the molecule is CCc1nc(CN2CCC[C@@H](N(C)C[C@H](O)Cn3cccn3)C2)no1. The lowest BCUT2D eigenvalue weighted by atomic mass is 10.0. The maximum atomic E-state index is 10.3. The molecular formula is C17H28N6O2. The summed E-state index contributed by atoms with van der Waals surface area (Å²) in [4.78, 5) is 9.03. The van der Waals surface area contributed by atoms with Gasteiger partial charge in [-0.25, -0.2) is 0 Å². The van der Waals surface area contributed by atoms with Crippen molar-refractivity contribution < 1.29 is 9.63 Å². The van der Waals surface area contributed by atoms with Gasteiger partial charge in [-0.1, -0.05) is 12.1 Å². The summed E-state index contributed by atoms with van der Waals surface area (Å²) in [5.41, 5.74) is 0. The minimum absolute atomic E-state index is 0.426. The number of aromatic nitrogens is 4. The average Bonchev–Trinajstić information content (AvgIpc) is 3.26. The Labute approximate surface area is 148 Å². The van der Waals surface area contributed by atoms with Gasteiger partial charge >= 0.3 is 0 Å². The Morgan fingerprint density at radius 3 is 3.08 bits per heavy atom. The summed E-state index contributed by atoms with van der Waals surface area (Å²) in [5, 5.41) is 18.5. The highest BCUT2D eigenvalue weighted by molar-refractivity contribution is 4.89. The second-order valence-corrected chi connectivity index (χ2v) is 6.81. The van der Waals surface area contributed by atoms with Crippen LogP contribution in [0.25, 0.3) is 0 Å². The molecule has 2 atom stereocenters. The molecule has 8 heteroatoms. The molecule has 0 aromatic carbocycles. The molecule has 0 amide bonds. The van der Waals surface area contributed by atoms with Gasteiger partial charge in [0.2, 0.25) is 5.89 Å². The van der Waals surface area contributed by atoms with Crippen molar-refractivity contribution in [2.24, 2.45) is 0 Å². The van der Waals surface area contributed by atoms with Crippen LogP contribution in [0.1, 0.15) is 31.5 Å². The van der Waals surface area contributed by atoms with Crippen LogP contribution in [0.3, 0.4) is 0 Å². The van der Waals surface area contributed by atoms with Crippen molar-refractivity contribution in [2.75, 3.05) is 26.7 Å². The van der Waals surface area contributed by atoms with Crippen LogP contribution in [-0.4, -0.2) is 73.7 Å². The van der Waals surface area contributed by atoms with Crippen LogP contribution in [0.5, 0.6) is 0 Å². The molecule has 1 fully saturated rings. The molecule has 0 aliphatic carbocycles. The maximum absolute atomic E-state index is 10.3. The number of rotatable bonds is 8. The van der Waals surface area contributed by atoms with E-state index in [1.165, 1.54) is 0 Å². The summed E-state index contributed by atoms with van der Waals surface area (Å²) in [6.07, 6.45) is 6.24. The maximum Gasteiger partial charge on any atom is 0.226 e. The van der Waals surface area contributed by atoms with Gasteiger partial charge in [-0.05, 0) is 32.5 Å². The van der Waals surface area contributed by atoms with E-state index >= 15 is 0 Å². The number of hydrogen-bond donors (Lipinski definition) is 1. The summed E-state index contributed by atoms with van der Waals surface area (Å²) < 4.78 is 6.96. The van der Waals surface area contributed by atoms with Crippen LogP contribution in [-0.2, 0) is 19.5 Å². The Balaban J connectivity index is 1.48. The Kier molecular flexibility index (Phi) is 6.17. The number of likely N-dealkylation sites (tertiary alicyclic amines) is 1. The molecule has 0 saturated carbocycles. The molecule has 0 unspecified atom stereocenters. The van der Waals surface area contributed by atoms with E-state index in [0.717, 1.165) is 44.7 Å². The predicted molar refractivity (Wildman–Crippen MR) is 92.8 cm³/mol. The fourth-order valence-electron chi connectivity index (χ4n) is 3.40. The molecule has 0 radical (unpaired) electrons. The minimum atomic E-state index is -0.426. The lowest BCUT2D eigenvalue weighted by Crippen LogP contribution is -2.48. The van der Waals surface area contributed by atoms with E-state index in [1.807, 2.05) is 19.2 Å². The van der Waals surface area contributed by atoms with Crippen LogP contribution in [0, 0.1) is 0 Å². The molecule has 3 heterocycles. The molecule has 0 bridgehead atoms. The minimum Gasteiger partial charge on any atom is -0.390 e. The van der Waals surface area contributed by atoms with Crippen molar-refractivity contribution in [3.63, 3.8) is 0 Å². The Hall–Kier alpha value is -1.77. The molecule has 1 N–H and O–H groups in total. The van der Waals surface area contributed by atoms with Gasteiger partial charge in [0.15, 0.2) is 5.82 Å². The smallest absolute Gasteiger partial charge is 0.226 e. The summed E-state index contributed by atoms with van der Waals surface area (Å²) in [6.45, 7) is 5.91. The standard InChI is InChI=1S/C17H28N6O2/c1-3-17-19-16(20-25-17)13-22-8-4-6-14(10-22)21(2)11-15(24)12-23-9-5-7-18-23/h5,7,9,14-15,24H,3-4,6,8,10-13H2,1-2H3/t14-,15+/m1/s1. The molecule has 1 saturated heterocycles. The molecule has 0 spiro atoms. The van der Waals surface area contributed by atoms with Crippen molar-refractivity contribution in [3.8, 4) is 0 Å². The van der Waals surface area contributed by atoms with E-state index in [9.17, 15) is 5.11 Å². The van der Waals surface area contributed by atoms with Crippen molar-refractivity contribution >= 4 is 0 Å². The Morgan fingerprint density at radius 1 is 1.48 bits per heavy atom. The molecular weight excluding hydrogens is 320 g/mol. The molecule has 1 aliphatic heterocycles. The Morgan fingerprint density at radius 2 is 2.36 bits per heavy atom. The normalized spacial score (nSPS) is 20.2. The van der Waals surface area contributed by atoms with Crippen LogP contribution in [0.15, 0.2) is 23.0 Å². The third kappa shape index (κ3) is 5.10. The van der Waals surface area contributed by atoms with Crippen LogP contribution in [0.2, 0.25) is 0 Å². The highest BCUT2D eigenvalue weighted by atomic mass is 16.5. The van der Waals surface area contributed by atoms with Gasteiger partial charge in [-0.3, -0.25) is 14.5 Å². The fraction of sp³-hybridized carbons (Fsp3) is 0.706. The zero-order valence-electron chi connectivity index (χ0n) is 15.1. The lowest BCUT2D eigenvalue weighted by Gasteiger charge is -2.37.